The minimum Gasteiger partial charge on any atom is -0.395 e. The lowest BCUT2D eigenvalue weighted by Gasteiger charge is -2.19. The van der Waals surface area contributed by atoms with E-state index in [1.165, 1.54) is 32.1 Å². The summed E-state index contributed by atoms with van der Waals surface area (Å²) in [5.74, 6) is 0.0181. The molecule has 0 unspecified atom stereocenters. The Kier molecular flexibility index (Phi) is 18.6. The zero-order valence-electron chi connectivity index (χ0n) is 19.2. The third-order valence-corrected chi connectivity index (χ3v) is 4.77. The van der Waals surface area contributed by atoms with Gasteiger partial charge in [-0.3, -0.25) is 4.79 Å². The molecule has 29 heavy (non-hydrogen) atoms. The van der Waals surface area contributed by atoms with Crippen molar-refractivity contribution in [1.29, 1.82) is 0 Å². The summed E-state index contributed by atoms with van der Waals surface area (Å²) in [5.41, 5.74) is 0.317. The average Bonchev–Trinajstić information content (AvgIpc) is 2.69. The number of aliphatic hydroxyl groups is 1. The monoisotopic (exact) mass is 403 g/mol. The van der Waals surface area contributed by atoms with Gasteiger partial charge in [-0.1, -0.05) is 95.1 Å². The first-order valence-electron chi connectivity index (χ1n) is 11.5. The Morgan fingerprint density at radius 3 is 2.10 bits per heavy atom. The van der Waals surface area contributed by atoms with Crippen LogP contribution in [0.5, 0.6) is 0 Å². The molecule has 0 saturated carbocycles. The number of hydrogen-bond donors (Lipinski definition) is 2. The molecule has 0 spiro atoms. The van der Waals surface area contributed by atoms with Gasteiger partial charge in [-0.05, 0) is 43.9 Å². The maximum atomic E-state index is 11.3. The fourth-order valence-corrected chi connectivity index (χ4v) is 2.98. The molecule has 0 aromatic carbocycles. The molecule has 1 amide bonds. The minimum atomic E-state index is 0.00123. The zero-order valence-corrected chi connectivity index (χ0v) is 19.2. The largest absolute Gasteiger partial charge is 0.395 e. The van der Waals surface area contributed by atoms with Gasteiger partial charge in [-0.2, -0.15) is 0 Å². The molecule has 3 heteroatoms. The van der Waals surface area contributed by atoms with Gasteiger partial charge in [0.05, 0.1) is 6.61 Å². The Hall–Kier alpha value is -1.61. The van der Waals surface area contributed by atoms with Crippen molar-refractivity contribution in [2.75, 3.05) is 13.2 Å². The molecular formula is C26H45NO2. The van der Waals surface area contributed by atoms with E-state index in [2.05, 4.69) is 74.7 Å². The Balaban J connectivity index is 3.69. The van der Waals surface area contributed by atoms with Crippen molar-refractivity contribution in [3.05, 3.63) is 48.6 Å². The fraction of sp³-hybridized carbons (Fsp3) is 0.654. The summed E-state index contributed by atoms with van der Waals surface area (Å²) >= 11 is 0. The van der Waals surface area contributed by atoms with Gasteiger partial charge in [-0.25, -0.2) is 0 Å². The number of rotatable bonds is 18. The summed E-state index contributed by atoms with van der Waals surface area (Å²) in [7, 11) is 0. The van der Waals surface area contributed by atoms with Crippen LogP contribution in [0.15, 0.2) is 48.6 Å². The van der Waals surface area contributed by atoms with Crippen LogP contribution in [-0.2, 0) is 4.79 Å². The molecule has 0 aliphatic carbocycles. The number of unbranched alkanes of at least 4 members (excludes halogenated alkanes) is 4. The van der Waals surface area contributed by atoms with Gasteiger partial charge in [0.1, 0.15) is 0 Å². The van der Waals surface area contributed by atoms with E-state index in [9.17, 15) is 4.79 Å². The normalized spacial score (nSPS) is 12.8. The van der Waals surface area contributed by atoms with Crippen LogP contribution < -0.4 is 5.32 Å². The molecule has 0 atom stereocenters. The highest BCUT2D eigenvalue weighted by Gasteiger charge is 2.12. The molecule has 2 N–H and O–H groups in total. The van der Waals surface area contributed by atoms with Crippen LogP contribution in [0.4, 0.5) is 0 Å². The second-order valence-corrected chi connectivity index (χ2v) is 8.29. The predicted molar refractivity (Wildman–Crippen MR) is 127 cm³/mol. The van der Waals surface area contributed by atoms with Crippen molar-refractivity contribution in [3.63, 3.8) is 0 Å². The zero-order chi connectivity index (χ0) is 21.6. The Bertz CT molecular complexity index is 501. The number of carbonyl (C=O) groups excluding carboxylic acids is 1. The van der Waals surface area contributed by atoms with Gasteiger partial charge >= 0.3 is 0 Å². The van der Waals surface area contributed by atoms with Gasteiger partial charge in [0.2, 0.25) is 5.91 Å². The van der Waals surface area contributed by atoms with Crippen molar-refractivity contribution in [1.82, 2.24) is 5.32 Å². The second kappa shape index (κ2) is 19.7. The lowest BCUT2D eigenvalue weighted by atomic mass is 9.86. The fourth-order valence-electron chi connectivity index (χ4n) is 2.98. The Labute approximate surface area is 180 Å². The standard InChI is InChI=1S/C26H45NO2/c1-4-5-6-18-21-26(2,3)22-19-16-14-12-10-8-7-9-11-13-15-17-20-25(29)27-23-24-28/h7-8,11-14,19,22,28H,4-6,9-10,15-18,20-21,23-24H2,1-3H3,(H,27,29). The van der Waals surface area contributed by atoms with Crippen LogP contribution in [0, 0.1) is 5.41 Å². The van der Waals surface area contributed by atoms with Crippen molar-refractivity contribution in [3.8, 4) is 0 Å². The second-order valence-electron chi connectivity index (χ2n) is 8.29. The van der Waals surface area contributed by atoms with Gasteiger partial charge in [0, 0.05) is 13.0 Å². The van der Waals surface area contributed by atoms with Crippen LogP contribution in [0.2, 0.25) is 0 Å². The minimum absolute atomic E-state index is 0.00123. The summed E-state index contributed by atoms with van der Waals surface area (Å²) in [4.78, 5) is 11.3. The van der Waals surface area contributed by atoms with Gasteiger partial charge in [-0.15, -0.1) is 0 Å². The van der Waals surface area contributed by atoms with E-state index in [4.69, 9.17) is 5.11 Å². The number of carbonyl (C=O) groups is 1. The molecule has 0 bridgehead atoms. The maximum Gasteiger partial charge on any atom is 0.220 e. The summed E-state index contributed by atoms with van der Waals surface area (Å²) in [6, 6.07) is 0. The lowest BCUT2D eigenvalue weighted by molar-refractivity contribution is -0.121. The first-order chi connectivity index (χ1) is 14.0. The highest BCUT2D eigenvalue weighted by atomic mass is 16.3. The first kappa shape index (κ1) is 27.4. The van der Waals surface area contributed by atoms with Crippen LogP contribution in [0.25, 0.3) is 0 Å². The molecule has 0 fully saturated rings. The number of nitrogens with one attached hydrogen (secondary N) is 1. The van der Waals surface area contributed by atoms with Crippen molar-refractivity contribution in [2.45, 2.75) is 91.4 Å². The maximum absolute atomic E-state index is 11.3. The number of aliphatic hydroxyl groups excluding tert-OH is 1. The third-order valence-electron chi connectivity index (χ3n) is 4.77. The summed E-state index contributed by atoms with van der Waals surface area (Å²) in [6.45, 7) is 7.28. The highest BCUT2D eigenvalue weighted by molar-refractivity contribution is 5.75. The predicted octanol–water partition coefficient (Wildman–Crippen LogP) is 6.66. The van der Waals surface area contributed by atoms with Crippen LogP contribution >= 0.6 is 0 Å². The van der Waals surface area contributed by atoms with E-state index in [1.807, 2.05) is 0 Å². The van der Waals surface area contributed by atoms with E-state index in [1.54, 1.807) is 0 Å². The molecule has 0 aliphatic heterocycles. The van der Waals surface area contributed by atoms with Crippen molar-refractivity contribution in [2.24, 2.45) is 5.41 Å². The number of amides is 1. The molecule has 0 saturated heterocycles. The van der Waals surface area contributed by atoms with Gasteiger partial charge in [0.25, 0.3) is 0 Å². The number of allylic oxidation sites excluding steroid dienone is 8. The SMILES string of the molecule is CCCCCCC(C)(C)C=CCC=CCC=CCC=CCCCC(=O)NCCO. The Morgan fingerprint density at radius 2 is 1.48 bits per heavy atom. The molecule has 166 valence electrons. The molecule has 0 aliphatic rings. The summed E-state index contributed by atoms with van der Waals surface area (Å²) in [6.07, 6.45) is 29.7. The third kappa shape index (κ3) is 20.9. The van der Waals surface area contributed by atoms with Crippen molar-refractivity contribution < 1.29 is 9.90 Å². The molecule has 3 nitrogen and oxygen atoms in total. The topological polar surface area (TPSA) is 49.3 Å². The molecule has 0 rings (SSSR count). The summed E-state index contributed by atoms with van der Waals surface area (Å²) in [5, 5.41) is 11.3. The van der Waals surface area contributed by atoms with Crippen molar-refractivity contribution >= 4 is 5.91 Å². The quantitative estimate of drug-likeness (QED) is 0.199. The molecule has 0 aromatic heterocycles. The first-order valence-corrected chi connectivity index (χ1v) is 11.5. The average molecular weight is 404 g/mol. The van der Waals surface area contributed by atoms with E-state index >= 15 is 0 Å². The van der Waals surface area contributed by atoms with Gasteiger partial charge in [0.15, 0.2) is 0 Å². The van der Waals surface area contributed by atoms with E-state index < -0.39 is 0 Å². The molecule has 0 heterocycles. The van der Waals surface area contributed by atoms with E-state index in [-0.39, 0.29) is 12.5 Å². The van der Waals surface area contributed by atoms with E-state index in [0.717, 1.165) is 32.1 Å². The molecular weight excluding hydrogens is 358 g/mol. The van der Waals surface area contributed by atoms with Crippen LogP contribution in [0.1, 0.15) is 91.4 Å². The van der Waals surface area contributed by atoms with Crippen LogP contribution in [-0.4, -0.2) is 24.2 Å². The molecule has 0 radical (unpaired) electrons. The molecule has 0 aromatic rings. The van der Waals surface area contributed by atoms with Crippen LogP contribution in [0.3, 0.4) is 0 Å². The Morgan fingerprint density at radius 1 is 0.862 bits per heavy atom. The highest BCUT2D eigenvalue weighted by Crippen LogP contribution is 2.25. The van der Waals surface area contributed by atoms with Gasteiger partial charge < -0.3 is 10.4 Å². The lowest BCUT2D eigenvalue weighted by Crippen LogP contribution is -2.25. The smallest absolute Gasteiger partial charge is 0.220 e. The number of hydrogen-bond acceptors (Lipinski definition) is 2. The summed E-state index contributed by atoms with van der Waals surface area (Å²) < 4.78 is 0. The van der Waals surface area contributed by atoms with E-state index in [0.29, 0.717) is 18.4 Å².